The van der Waals surface area contributed by atoms with Gasteiger partial charge in [0.2, 0.25) is 21.8 Å². The number of carbonyl (C=O) groups is 2. The fourth-order valence-electron chi connectivity index (χ4n) is 4.67. The standard InChI is InChI=1S/C33H36FN3O4S/c1-33(2,3)35-32(39)30(20-24-10-6-5-7-11-24)37(22-25-14-17-28(34)18-15-25)31(38)23-36(4)42(40,41)29-19-16-26-12-8-9-13-27(26)21-29/h5-19,21,30H,20,22-23H2,1-4H3,(H,35,39)/t30-/m1/s1. The van der Waals surface area contributed by atoms with Crippen molar-refractivity contribution in [3.63, 3.8) is 0 Å². The number of halogens is 1. The molecule has 4 aromatic carbocycles. The normalized spacial score (nSPS) is 12.7. The predicted molar refractivity (Wildman–Crippen MR) is 163 cm³/mol. The molecule has 0 aliphatic heterocycles. The average molecular weight is 590 g/mol. The third kappa shape index (κ3) is 7.80. The third-order valence-electron chi connectivity index (χ3n) is 6.82. The smallest absolute Gasteiger partial charge is 0.243 e. The van der Waals surface area contributed by atoms with Gasteiger partial charge in [0.05, 0.1) is 11.4 Å². The zero-order chi connectivity index (χ0) is 30.5. The molecule has 0 aliphatic rings. The highest BCUT2D eigenvalue weighted by atomic mass is 32.2. The Morgan fingerprint density at radius 2 is 1.45 bits per heavy atom. The van der Waals surface area contributed by atoms with Gasteiger partial charge in [-0.15, -0.1) is 0 Å². The Kier molecular flexibility index (Phi) is 9.43. The summed E-state index contributed by atoms with van der Waals surface area (Å²) in [6.07, 6.45) is 0.205. The van der Waals surface area contributed by atoms with E-state index in [-0.39, 0.29) is 23.8 Å². The van der Waals surface area contributed by atoms with Gasteiger partial charge in [0.15, 0.2) is 0 Å². The first-order valence-corrected chi connectivity index (χ1v) is 15.1. The SMILES string of the molecule is CN(CC(=O)N(Cc1ccc(F)cc1)[C@H](Cc1ccccc1)C(=O)NC(C)(C)C)S(=O)(=O)c1ccc2ccccc2c1. The Morgan fingerprint density at radius 3 is 2.10 bits per heavy atom. The molecule has 0 saturated heterocycles. The molecule has 42 heavy (non-hydrogen) atoms. The number of likely N-dealkylation sites (N-methyl/N-ethyl adjacent to an activating group) is 1. The summed E-state index contributed by atoms with van der Waals surface area (Å²) < 4.78 is 41.8. The maximum absolute atomic E-state index is 14.0. The molecule has 0 radical (unpaired) electrons. The van der Waals surface area contributed by atoms with E-state index < -0.39 is 39.9 Å². The first-order chi connectivity index (χ1) is 19.8. The molecule has 2 amide bonds. The highest BCUT2D eigenvalue weighted by Gasteiger charge is 2.34. The van der Waals surface area contributed by atoms with Crippen LogP contribution in [0.25, 0.3) is 10.8 Å². The Labute approximate surface area is 247 Å². The zero-order valence-electron chi connectivity index (χ0n) is 24.2. The molecule has 0 fully saturated rings. The second-order valence-electron chi connectivity index (χ2n) is 11.4. The lowest BCUT2D eigenvalue weighted by Crippen LogP contribution is -2.56. The molecule has 0 aromatic heterocycles. The van der Waals surface area contributed by atoms with Crippen LogP contribution in [-0.2, 0) is 32.6 Å². The van der Waals surface area contributed by atoms with Gasteiger partial charge in [-0.1, -0.05) is 72.8 Å². The van der Waals surface area contributed by atoms with Crippen molar-refractivity contribution in [3.05, 3.63) is 114 Å². The van der Waals surface area contributed by atoms with Gasteiger partial charge in [-0.2, -0.15) is 4.31 Å². The lowest BCUT2D eigenvalue weighted by atomic mass is 10.0. The Bertz CT molecular complexity index is 1650. The first kappa shape index (κ1) is 30.9. The van der Waals surface area contributed by atoms with E-state index in [1.165, 1.54) is 30.1 Å². The van der Waals surface area contributed by atoms with Crippen molar-refractivity contribution < 1.29 is 22.4 Å². The van der Waals surface area contributed by atoms with Gasteiger partial charge in [-0.05, 0) is 66.9 Å². The number of fused-ring (bicyclic) bond motifs is 1. The van der Waals surface area contributed by atoms with Gasteiger partial charge in [0, 0.05) is 25.6 Å². The van der Waals surface area contributed by atoms with Crippen LogP contribution in [0.5, 0.6) is 0 Å². The molecular formula is C33H36FN3O4S. The van der Waals surface area contributed by atoms with E-state index in [2.05, 4.69) is 5.32 Å². The number of benzene rings is 4. The molecule has 220 valence electrons. The average Bonchev–Trinajstić information content (AvgIpc) is 2.95. The van der Waals surface area contributed by atoms with Gasteiger partial charge in [-0.3, -0.25) is 9.59 Å². The van der Waals surface area contributed by atoms with Gasteiger partial charge < -0.3 is 10.2 Å². The van der Waals surface area contributed by atoms with Gasteiger partial charge in [0.25, 0.3) is 0 Å². The van der Waals surface area contributed by atoms with Crippen LogP contribution in [0.3, 0.4) is 0 Å². The minimum atomic E-state index is -4.04. The van der Waals surface area contributed by atoms with E-state index in [0.29, 0.717) is 5.56 Å². The number of hydrogen-bond acceptors (Lipinski definition) is 4. The molecule has 1 N–H and O–H groups in total. The van der Waals surface area contributed by atoms with E-state index in [0.717, 1.165) is 20.6 Å². The Morgan fingerprint density at radius 1 is 0.833 bits per heavy atom. The van der Waals surface area contributed by atoms with Crippen LogP contribution in [-0.4, -0.2) is 54.6 Å². The van der Waals surface area contributed by atoms with Gasteiger partial charge in [0.1, 0.15) is 11.9 Å². The third-order valence-corrected chi connectivity index (χ3v) is 8.62. The van der Waals surface area contributed by atoms with Crippen molar-refractivity contribution in [2.45, 2.75) is 50.2 Å². The van der Waals surface area contributed by atoms with Gasteiger partial charge >= 0.3 is 0 Å². The molecule has 0 spiro atoms. The van der Waals surface area contributed by atoms with Crippen molar-refractivity contribution in [2.24, 2.45) is 0 Å². The largest absolute Gasteiger partial charge is 0.350 e. The highest BCUT2D eigenvalue weighted by molar-refractivity contribution is 7.89. The number of amides is 2. The maximum Gasteiger partial charge on any atom is 0.243 e. The Hall–Kier alpha value is -4.08. The number of rotatable bonds is 10. The van der Waals surface area contributed by atoms with Crippen molar-refractivity contribution in [1.29, 1.82) is 0 Å². The summed E-state index contributed by atoms with van der Waals surface area (Å²) in [7, 11) is -2.69. The maximum atomic E-state index is 14.0. The van der Waals surface area contributed by atoms with Crippen LogP contribution < -0.4 is 5.32 Å². The second-order valence-corrected chi connectivity index (χ2v) is 13.4. The summed E-state index contributed by atoms with van der Waals surface area (Å²) in [5, 5.41) is 4.63. The van der Waals surface area contributed by atoms with Crippen LogP contribution in [0.4, 0.5) is 4.39 Å². The number of hydrogen-bond donors (Lipinski definition) is 1. The molecule has 0 aliphatic carbocycles. The molecular weight excluding hydrogens is 553 g/mol. The van der Waals surface area contributed by atoms with E-state index in [1.54, 1.807) is 24.3 Å². The van der Waals surface area contributed by atoms with Crippen LogP contribution in [0.2, 0.25) is 0 Å². The molecule has 4 aromatic rings. The van der Waals surface area contributed by atoms with E-state index in [9.17, 15) is 22.4 Å². The molecule has 1 atom stereocenters. The zero-order valence-corrected chi connectivity index (χ0v) is 25.1. The van der Waals surface area contributed by atoms with Crippen molar-refractivity contribution in [1.82, 2.24) is 14.5 Å². The lowest BCUT2D eigenvalue weighted by Gasteiger charge is -2.34. The molecule has 0 bridgehead atoms. The summed E-state index contributed by atoms with van der Waals surface area (Å²) in [6.45, 7) is 5.03. The van der Waals surface area contributed by atoms with Crippen molar-refractivity contribution in [2.75, 3.05) is 13.6 Å². The van der Waals surface area contributed by atoms with E-state index >= 15 is 0 Å². The molecule has 7 nitrogen and oxygen atoms in total. The fraction of sp³-hybridized carbons (Fsp3) is 0.273. The molecule has 0 heterocycles. The van der Waals surface area contributed by atoms with Crippen LogP contribution in [0, 0.1) is 5.82 Å². The second kappa shape index (κ2) is 12.8. The van der Waals surface area contributed by atoms with Crippen molar-refractivity contribution >= 4 is 32.6 Å². The van der Waals surface area contributed by atoms with Crippen LogP contribution >= 0.6 is 0 Å². The van der Waals surface area contributed by atoms with E-state index in [4.69, 9.17) is 0 Å². The number of nitrogens with one attached hydrogen (secondary N) is 1. The lowest BCUT2D eigenvalue weighted by molar-refractivity contribution is -0.141. The quantitative estimate of drug-likeness (QED) is 0.277. The number of nitrogens with zero attached hydrogens (tertiary/aromatic N) is 2. The van der Waals surface area contributed by atoms with Crippen LogP contribution in [0.1, 0.15) is 31.9 Å². The fourth-order valence-corrected chi connectivity index (χ4v) is 5.82. The predicted octanol–water partition coefficient (Wildman–Crippen LogP) is 5.15. The van der Waals surface area contributed by atoms with Gasteiger partial charge in [-0.25, -0.2) is 12.8 Å². The number of sulfonamides is 1. The molecule has 4 rings (SSSR count). The van der Waals surface area contributed by atoms with Crippen LogP contribution in [0.15, 0.2) is 102 Å². The molecule has 0 unspecified atom stereocenters. The Balaban J connectivity index is 1.68. The summed E-state index contributed by atoms with van der Waals surface area (Å²) in [4.78, 5) is 29.1. The number of carbonyl (C=O) groups excluding carboxylic acids is 2. The first-order valence-electron chi connectivity index (χ1n) is 13.7. The summed E-state index contributed by atoms with van der Waals surface area (Å²) in [6, 6.07) is 26.3. The molecule has 0 saturated carbocycles. The van der Waals surface area contributed by atoms with E-state index in [1.807, 2.05) is 75.4 Å². The summed E-state index contributed by atoms with van der Waals surface area (Å²) in [5.41, 5.74) is 0.860. The molecule has 9 heteroatoms. The minimum Gasteiger partial charge on any atom is -0.350 e. The topological polar surface area (TPSA) is 86.8 Å². The van der Waals surface area contributed by atoms with Crippen molar-refractivity contribution in [3.8, 4) is 0 Å². The summed E-state index contributed by atoms with van der Waals surface area (Å²) >= 11 is 0. The highest BCUT2D eigenvalue weighted by Crippen LogP contribution is 2.22. The summed E-state index contributed by atoms with van der Waals surface area (Å²) in [5.74, 6) is -1.36. The minimum absolute atomic E-state index is 0.0158. The monoisotopic (exact) mass is 589 g/mol.